The summed E-state index contributed by atoms with van der Waals surface area (Å²) >= 11 is 0. The van der Waals surface area contributed by atoms with Crippen molar-refractivity contribution in [2.75, 3.05) is 50.8 Å². The van der Waals surface area contributed by atoms with E-state index < -0.39 is 12.1 Å². The van der Waals surface area contributed by atoms with Gasteiger partial charge in [-0.05, 0) is 38.1 Å². The molecule has 9 heteroatoms. The van der Waals surface area contributed by atoms with Crippen molar-refractivity contribution in [2.24, 2.45) is 0 Å². The lowest BCUT2D eigenvalue weighted by atomic mass is 10.1. The molecule has 0 aromatic carbocycles. The summed E-state index contributed by atoms with van der Waals surface area (Å²) in [5.74, 6) is -0.625. The van der Waals surface area contributed by atoms with Gasteiger partial charge in [-0.2, -0.15) is 0 Å². The van der Waals surface area contributed by atoms with E-state index in [-0.39, 0.29) is 25.1 Å². The van der Waals surface area contributed by atoms with Crippen LogP contribution >= 0.6 is 12.4 Å². The lowest BCUT2D eigenvalue weighted by Crippen LogP contribution is -2.49. The lowest BCUT2D eigenvalue weighted by molar-refractivity contribution is -0.146. The van der Waals surface area contributed by atoms with Gasteiger partial charge in [-0.1, -0.05) is 0 Å². The van der Waals surface area contributed by atoms with Crippen molar-refractivity contribution >= 4 is 30.2 Å². The van der Waals surface area contributed by atoms with Crippen LogP contribution in [0.1, 0.15) is 12.8 Å². The highest BCUT2D eigenvalue weighted by molar-refractivity contribution is 5.85. The highest BCUT2D eigenvalue weighted by Crippen LogP contribution is 2.15. The molecule has 2 saturated heterocycles. The van der Waals surface area contributed by atoms with E-state index in [2.05, 4.69) is 15.2 Å². The average molecular weight is 385 g/mol. The van der Waals surface area contributed by atoms with E-state index in [4.69, 9.17) is 9.47 Å². The van der Waals surface area contributed by atoms with Crippen molar-refractivity contribution in [3.63, 3.8) is 0 Å². The molecule has 0 radical (unpaired) electrons. The standard InChI is InChI=1S/C17H24N4O4.ClH/c22-16(13-24-15-3-7-19-8-4-15)25-17(23)21-11-9-20(10-12-21)14-1-5-18-6-2-14;/h1-2,5-6,15,19H,3-4,7-13H2;1H. The van der Waals surface area contributed by atoms with Crippen LogP contribution < -0.4 is 10.2 Å². The zero-order chi connectivity index (χ0) is 17.5. The molecule has 1 N–H and O–H groups in total. The van der Waals surface area contributed by atoms with Crippen molar-refractivity contribution in [2.45, 2.75) is 18.9 Å². The molecule has 1 aromatic heterocycles. The molecule has 2 aliphatic heterocycles. The number of piperazine rings is 1. The van der Waals surface area contributed by atoms with Gasteiger partial charge in [-0.3, -0.25) is 4.98 Å². The number of rotatable bonds is 4. The molecule has 2 aliphatic rings. The molecular weight excluding hydrogens is 360 g/mol. The molecule has 2 fully saturated rings. The van der Waals surface area contributed by atoms with E-state index in [0.29, 0.717) is 26.2 Å². The average Bonchev–Trinajstić information content (AvgIpc) is 2.68. The number of carbonyl (C=O) groups excluding carboxylic acids is 2. The number of piperidine rings is 1. The van der Waals surface area contributed by atoms with Gasteiger partial charge in [0.05, 0.1) is 6.10 Å². The molecule has 8 nitrogen and oxygen atoms in total. The number of carbonyl (C=O) groups is 2. The Morgan fingerprint density at radius 1 is 1.12 bits per heavy atom. The van der Waals surface area contributed by atoms with Crippen molar-refractivity contribution in [3.8, 4) is 0 Å². The molecule has 144 valence electrons. The SMILES string of the molecule is Cl.O=C(COC1CCNCC1)OC(=O)N1CCN(c2ccncc2)CC1. The fourth-order valence-corrected chi connectivity index (χ4v) is 3.04. The van der Waals surface area contributed by atoms with E-state index in [1.54, 1.807) is 17.3 Å². The second-order valence-electron chi connectivity index (χ2n) is 6.18. The fourth-order valence-electron chi connectivity index (χ4n) is 3.04. The molecule has 0 atom stereocenters. The van der Waals surface area contributed by atoms with Crippen molar-refractivity contribution in [1.82, 2.24) is 15.2 Å². The highest BCUT2D eigenvalue weighted by atomic mass is 35.5. The monoisotopic (exact) mass is 384 g/mol. The Bertz CT molecular complexity index is 575. The summed E-state index contributed by atoms with van der Waals surface area (Å²) in [6.45, 7) is 4.03. The van der Waals surface area contributed by atoms with Gasteiger partial charge in [0, 0.05) is 44.3 Å². The largest absolute Gasteiger partial charge is 0.417 e. The molecule has 0 bridgehead atoms. The van der Waals surface area contributed by atoms with Crippen LogP contribution in [0.25, 0.3) is 0 Å². The smallest absolute Gasteiger partial charge is 0.374 e. The summed E-state index contributed by atoms with van der Waals surface area (Å²) < 4.78 is 10.4. The van der Waals surface area contributed by atoms with Crippen LogP contribution in [-0.2, 0) is 14.3 Å². The highest BCUT2D eigenvalue weighted by Gasteiger charge is 2.25. The van der Waals surface area contributed by atoms with Crippen molar-refractivity contribution in [3.05, 3.63) is 24.5 Å². The van der Waals surface area contributed by atoms with Gasteiger partial charge in [0.25, 0.3) is 0 Å². The normalized spacial score (nSPS) is 18.2. The molecule has 1 amide bonds. The first-order chi connectivity index (χ1) is 12.2. The fraction of sp³-hybridized carbons (Fsp3) is 0.588. The van der Waals surface area contributed by atoms with E-state index in [0.717, 1.165) is 31.6 Å². The zero-order valence-electron chi connectivity index (χ0n) is 14.6. The number of amides is 1. The Hall–Kier alpha value is -1.90. The first kappa shape index (κ1) is 20.4. The third-order valence-corrected chi connectivity index (χ3v) is 4.49. The Morgan fingerprint density at radius 2 is 1.77 bits per heavy atom. The van der Waals surface area contributed by atoms with Crippen LogP contribution in [0.15, 0.2) is 24.5 Å². The third kappa shape index (κ3) is 5.82. The maximum absolute atomic E-state index is 12.1. The molecule has 26 heavy (non-hydrogen) atoms. The van der Waals surface area contributed by atoms with Crippen LogP contribution in [0, 0.1) is 0 Å². The predicted molar refractivity (Wildman–Crippen MR) is 98.6 cm³/mol. The van der Waals surface area contributed by atoms with Gasteiger partial charge in [0.1, 0.15) is 6.61 Å². The molecule has 3 heterocycles. The molecule has 3 rings (SSSR count). The topological polar surface area (TPSA) is 84.0 Å². The number of nitrogens with one attached hydrogen (secondary N) is 1. The van der Waals surface area contributed by atoms with E-state index in [9.17, 15) is 9.59 Å². The first-order valence-electron chi connectivity index (χ1n) is 8.69. The number of hydrogen-bond acceptors (Lipinski definition) is 7. The van der Waals surface area contributed by atoms with Gasteiger partial charge in [-0.15, -0.1) is 12.4 Å². The molecule has 0 unspecified atom stereocenters. The summed E-state index contributed by atoms with van der Waals surface area (Å²) in [6, 6.07) is 3.88. The Labute approximate surface area is 159 Å². The summed E-state index contributed by atoms with van der Waals surface area (Å²) in [5.41, 5.74) is 1.08. The third-order valence-electron chi connectivity index (χ3n) is 4.49. The first-order valence-corrected chi connectivity index (χ1v) is 8.69. The van der Waals surface area contributed by atoms with E-state index >= 15 is 0 Å². The summed E-state index contributed by atoms with van der Waals surface area (Å²) in [6.07, 6.45) is 4.71. The molecule has 0 aliphatic carbocycles. The van der Waals surface area contributed by atoms with Crippen LogP contribution in [0.3, 0.4) is 0 Å². The number of ether oxygens (including phenoxy) is 2. The van der Waals surface area contributed by atoms with Crippen LogP contribution in [0.2, 0.25) is 0 Å². The number of pyridine rings is 1. The number of halogens is 1. The summed E-state index contributed by atoms with van der Waals surface area (Å²) in [5, 5.41) is 3.23. The zero-order valence-corrected chi connectivity index (χ0v) is 15.5. The van der Waals surface area contributed by atoms with Gasteiger partial charge >= 0.3 is 12.1 Å². The van der Waals surface area contributed by atoms with Gasteiger partial charge in [0.15, 0.2) is 0 Å². The maximum Gasteiger partial charge on any atom is 0.417 e. The number of esters is 1. The lowest BCUT2D eigenvalue weighted by Gasteiger charge is -2.35. The minimum atomic E-state index is -0.625. The molecule has 0 spiro atoms. The minimum Gasteiger partial charge on any atom is -0.374 e. The van der Waals surface area contributed by atoms with Gasteiger partial charge in [0.2, 0.25) is 0 Å². The van der Waals surface area contributed by atoms with Gasteiger partial charge in [-0.25, -0.2) is 9.59 Å². The number of hydrogen-bond donors (Lipinski definition) is 1. The molecule has 0 saturated carbocycles. The van der Waals surface area contributed by atoms with Crippen LogP contribution in [0.5, 0.6) is 0 Å². The quantitative estimate of drug-likeness (QED) is 0.613. The van der Waals surface area contributed by atoms with Crippen LogP contribution in [-0.4, -0.2) is 73.9 Å². The Kier molecular flexibility index (Phi) is 8.08. The maximum atomic E-state index is 12.1. The number of aromatic nitrogens is 1. The molecular formula is C17H25ClN4O4. The summed E-state index contributed by atoms with van der Waals surface area (Å²) in [7, 11) is 0. The van der Waals surface area contributed by atoms with Crippen molar-refractivity contribution < 1.29 is 19.1 Å². The number of anilines is 1. The second-order valence-corrected chi connectivity index (χ2v) is 6.18. The minimum absolute atomic E-state index is 0. The number of nitrogens with zero attached hydrogens (tertiary/aromatic N) is 3. The van der Waals surface area contributed by atoms with Gasteiger partial charge < -0.3 is 24.6 Å². The Balaban J connectivity index is 0.00000243. The summed E-state index contributed by atoms with van der Waals surface area (Å²) in [4.78, 5) is 31.6. The predicted octanol–water partition coefficient (Wildman–Crippen LogP) is 1.06. The Morgan fingerprint density at radius 3 is 2.42 bits per heavy atom. The van der Waals surface area contributed by atoms with Crippen LogP contribution in [0.4, 0.5) is 10.5 Å². The van der Waals surface area contributed by atoms with E-state index in [1.807, 2.05) is 12.1 Å². The van der Waals surface area contributed by atoms with E-state index in [1.165, 1.54) is 0 Å². The molecule has 1 aromatic rings. The van der Waals surface area contributed by atoms with Crippen molar-refractivity contribution in [1.29, 1.82) is 0 Å². The second kappa shape index (κ2) is 10.3.